The van der Waals surface area contributed by atoms with Crippen molar-refractivity contribution in [3.05, 3.63) is 54.0 Å². The maximum atomic E-state index is 13.0. The largest absolute Gasteiger partial charge is 0.467 e. The van der Waals surface area contributed by atoms with Crippen LogP contribution in [0.3, 0.4) is 0 Å². The molecule has 0 spiro atoms. The van der Waals surface area contributed by atoms with Gasteiger partial charge in [0.1, 0.15) is 11.8 Å². The van der Waals surface area contributed by atoms with E-state index in [9.17, 15) is 14.4 Å². The highest BCUT2D eigenvalue weighted by molar-refractivity contribution is 7.80. The van der Waals surface area contributed by atoms with E-state index in [4.69, 9.17) is 16.6 Å². The molecule has 28 heavy (non-hydrogen) atoms. The second-order valence-corrected chi connectivity index (χ2v) is 6.47. The minimum absolute atomic E-state index is 0.0138. The molecule has 2 amide bonds. The molecular weight excluding hydrogens is 382 g/mol. The number of imide groups is 1. The van der Waals surface area contributed by atoms with Crippen molar-refractivity contribution < 1.29 is 23.5 Å². The normalized spacial score (nSPS) is 16.2. The quantitative estimate of drug-likeness (QED) is 0.460. The smallest absolute Gasteiger partial charge is 0.337 e. The Kier molecular flexibility index (Phi) is 5.74. The van der Waals surface area contributed by atoms with Crippen LogP contribution in [-0.4, -0.2) is 48.0 Å². The van der Waals surface area contributed by atoms with E-state index in [0.717, 1.165) is 4.90 Å². The molecule has 0 aliphatic carbocycles. The van der Waals surface area contributed by atoms with Gasteiger partial charge in [0.15, 0.2) is 5.11 Å². The number of anilines is 1. The third-order valence-corrected chi connectivity index (χ3v) is 4.87. The molecule has 0 radical (unpaired) electrons. The summed E-state index contributed by atoms with van der Waals surface area (Å²) < 4.78 is 10.0. The Bertz CT molecular complexity index is 895. The lowest BCUT2D eigenvalue weighted by molar-refractivity contribution is -0.122. The molecule has 8 nitrogen and oxygen atoms in total. The Labute approximate surface area is 167 Å². The first-order valence-electron chi connectivity index (χ1n) is 8.52. The summed E-state index contributed by atoms with van der Waals surface area (Å²) >= 11 is 5.33. The van der Waals surface area contributed by atoms with Crippen molar-refractivity contribution in [2.75, 3.05) is 19.1 Å². The van der Waals surface area contributed by atoms with Crippen molar-refractivity contribution in [2.24, 2.45) is 0 Å². The average Bonchev–Trinajstić information content (AvgIpc) is 3.32. The van der Waals surface area contributed by atoms with Gasteiger partial charge < -0.3 is 19.4 Å². The lowest BCUT2D eigenvalue weighted by Crippen LogP contribution is -2.48. The number of hydrogen-bond acceptors (Lipinski definition) is 6. The highest BCUT2D eigenvalue weighted by Crippen LogP contribution is 2.27. The van der Waals surface area contributed by atoms with Crippen LogP contribution in [0.1, 0.15) is 22.5 Å². The molecule has 0 saturated carbocycles. The molecule has 1 N–H and O–H groups in total. The van der Waals surface area contributed by atoms with Crippen LogP contribution < -0.4 is 10.2 Å². The Morgan fingerprint density at radius 2 is 2.04 bits per heavy atom. The van der Waals surface area contributed by atoms with Gasteiger partial charge in [-0.15, -0.1) is 0 Å². The number of benzene rings is 1. The number of rotatable bonds is 5. The number of esters is 1. The van der Waals surface area contributed by atoms with Crippen molar-refractivity contribution in [1.82, 2.24) is 10.2 Å². The maximum absolute atomic E-state index is 13.0. The van der Waals surface area contributed by atoms with Gasteiger partial charge in [-0.3, -0.25) is 9.59 Å². The fourth-order valence-corrected chi connectivity index (χ4v) is 3.22. The van der Waals surface area contributed by atoms with E-state index in [0.29, 0.717) is 22.1 Å². The maximum Gasteiger partial charge on any atom is 0.337 e. The Hall–Kier alpha value is -3.20. The van der Waals surface area contributed by atoms with E-state index in [-0.39, 0.29) is 24.8 Å². The summed E-state index contributed by atoms with van der Waals surface area (Å²) in [6, 6.07) is 8.86. The monoisotopic (exact) mass is 401 g/mol. The van der Waals surface area contributed by atoms with Gasteiger partial charge >= 0.3 is 5.97 Å². The Morgan fingerprint density at radius 1 is 1.32 bits per heavy atom. The van der Waals surface area contributed by atoms with Gasteiger partial charge in [-0.1, -0.05) is 0 Å². The van der Waals surface area contributed by atoms with Crippen LogP contribution in [0.4, 0.5) is 5.69 Å². The summed E-state index contributed by atoms with van der Waals surface area (Å²) in [6.45, 7) is 0.255. The van der Waals surface area contributed by atoms with Crippen molar-refractivity contribution in [2.45, 2.75) is 19.0 Å². The van der Waals surface area contributed by atoms with Gasteiger partial charge in [0.05, 0.1) is 37.6 Å². The second kappa shape index (κ2) is 8.22. The number of thiocarbonyl (C=S) groups is 1. The predicted molar refractivity (Wildman–Crippen MR) is 105 cm³/mol. The van der Waals surface area contributed by atoms with E-state index < -0.39 is 12.0 Å². The molecule has 1 aliphatic heterocycles. The second-order valence-electron chi connectivity index (χ2n) is 6.09. The van der Waals surface area contributed by atoms with Gasteiger partial charge in [-0.25, -0.2) is 9.69 Å². The minimum atomic E-state index is -0.752. The summed E-state index contributed by atoms with van der Waals surface area (Å²) in [5.74, 6) is -0.602. The SMILES string of the molecule is CNC(=S)N(Cc1ccco1)[C@H]1CC(=O)N(c2ccc(C(=O)OC)cc2)C1=O. The molecule has 1 atom stereocenters. The highest BCUT2D eigenvalue weighted by atomic mass is 32.1. The molecule has 0 unspecified atom stereocenters. The zero-order chi connectivity index (χ0) is 20.3. The van der Waals surface area contributed by atoms with E-state index in [1.165, 1.54) is 37.6 Å². The predicted octanol–water partition coefficient (Wildman–Crippen LogP) is 1.70. The number of furan rings is 1. The van der Waals surface area contributed by atoms with Crippen molar-refractivity contribution >= 4 is 40.8 Å². The third kappa shape index (κ3) is 3.74. The van der Waals surface area contributed by atoms with E-state index in [1.54, 1.807) is 24.1 Å². The Morgan fingerprint density at radius 3 is 2.61 bits per heavy atom. The average molecular weight is 401 g/mol. The topological polar surface area (TPSA) is 92.1 Å². The zero-order valence-electron chi connectivity index (χ0n) is 15.4. The van der Waals surface area contributed by atoms with Crippen molar-refractivity contribution in [1.29, 1.82) is 0 Å². The molecular formula is C19H19N3O5S. The van der Waals surface area contributed by atoms with Gasteiger partial charge in [-0.05, 0) is 48.6 Å². The van der Waals surface area contributed by atoms with Gasteiger partial charge in [0.25, 0.3) is 5.91 Å². The molecule has 0 bridgehead atoms. The molecule has 2 aromatic rings. The minimum Gasteiger partial charge on any atom is -0.467 e. The highest BCUT2D eigenvalue weighted by Gasteiger charge is 2.43. The summed E-state index contributed by atoms with van der Waals surface area (Å²) in [4.78, 5) is 39.9. The van der Waals surface area contributed by atoms with Crippen molar-refractivity contribution in [3.63, 3.8) is 0 Å². The van der Waals surface area contributed by atoms with Crippen molar-refractivity contribution in [3.8, 4) is 0 Å². The third-order valence-electron chi connectivity index (χ3n) is 4.43. The van der Waals surface area contributed by atoms with E-state index in [1.807, 2.05) is 0 Å². The number of hydrogen-bond donors (Lipinski definition) is 1. The fourth-order valence-electron chi connectivity index (χ4n) is 3.03. The lowest BCUT2D eigenvalue weighted by atomic mass is 10.2. The fraction of sp³-hybridized carbons (Fsp3) is 0.263. The Balaban J connectivity index is 1.84. The van der Waals surface area contributed by atoms with E-state index >= 15 is 0 Å². The van der Waals surface area contributed by atoms with Crippen LogP contribution in [-0.2, 0) is 20.9 Å². The summed E-state index contributed by atoms with van der Waals surface area (Å²) in [7, 11) is 2.94. The number of nitrogens with zero attached hydrogens (tertiary/aromatic N) is 2. The van der Waals surface area contributed by atoms with Crippen LogP contribution in [0.5, 0.6) is 0 Å². The summed E-state index contributed by atoms with van der Waals surface area (Å²) in [6.07, 6.45) is 1.52. The lowest BCUT2D eigenvalue weighted by Gasteiger charge is -2.28. The molecule has 2 heterocycles. The number of methoxy groups -OCH3 is 1. The van der Waals surface area contributed by atoms with Gasteiger partial charge in [0.2, 0.25) is 5.91 Å². The first-order chi connectivity index (χ1) is 13.5. The first kappa shape index (κ1) is 19.6. The number of nitrogens with one attached hydrogen (secondary N) is 1. The van der Waals surface area contributed by atoms with Gasteiger partial charge in [0, 0.05) is 7.05 Å². The van der Waals surface area contributed by atoms with Crippen LogP contribution in [0.2, 0.25) is 0 Å². The first-order valence-corrected chi connectivity index (χ1v) is 8.93. The van der Waals surface area contributed by atoms with Crippen LogP contribution in [0, 0.1) is 0 Å². The molecule has 3 rings (SSSR count). The number of amides is 2. The molecule has 1 aliphatic rings. The molecule has 9 heteroatoms. The van der Waals surface area contributed by atoms with Gasteiger partial charge in [-0.2, -0.15) is 0 Å². The van der Waals surface area contributed by atoms with Crippen LogP contribution in [0.25, 0.3) is 0 Å². The standard InChI is InChI=1S/C19H19N3O5S/c1-20-19(28)21(11-14-4-3-9-27-14)15-10-16(23)22(17(15)24)13-7-5-12(6-8-13)18(25)26-2/h3-9,15H,10-11H2,1-2H3,(H,20,28)/t15-/m0/s1. The van der Waals surface area contributed by atoms with Crippen LogP contribution >= 0.6 is 12.2 Å². The number of carbonyl (C=O) groups excluding carboxylic acids is 3. The summed E-state index contributed by atoms with van der Waals surface area (Å²) in [5, 5.41) is 3.19. The zero-order valence-corrected chi connectivity index (χ0v) is 16.2. The molecule has 1 aromatic heterocycles. The van der Waals surface area contributed by atoms with Crippen LogP contribution in [0.15, 0.2) is 47.1 Å². The molecule has 1 fully saturated rings. The number of ether oxygens (including phenoxy) is 1. The molecule has 146 valence electrons. The number of carbonyl (C=O) groups is 3. The van der Waals surface area contributed by atoms with E-state index in [2.05, 4.69) is 10.1 Å². The summed E-state index contributed by atoms with van der Waals surface area (Å²) in [5.41, 5.74) is 0.719. The molecule has 1 aromatic carbocycles. The molecule has 1 saturated heterocycles.